The maximum atomic E-state index is 11.8. The lowest BCUT2D eigenvalue weighted by atomic mass is 10.1. The number of nitrogens with two attached hydrogens (primary N) is 1. The summed E-state index contributed by atoms with van der Waals surface area (Å²) in [6.45, 7) is -2.54. The molecule has 8 nitrogen and oxygen atoms in total. The molecule has 0 spiro atoms. The van der Waals surface area contributed by atoms with E-state index < -0.39 is 41.8 Å². The van der Waals surface area contributed by atoms with E-state index in [1.807, 2.05) is 0 Å². The van der Waals surface area contributed by atoms with E-state index in [0.29, 0.717) is 0 Å². The molecule has 0 aromatic heterocycles. The van der Waals surface area contributed by atoms with Crippen molar-refractivity contribution in [1.29, 1.82) is 0 Å². The van der Waals surface area contributed by atoms with Gasteiger partial charge in [0.2, 0.25) is 0 Å². The maximum absolute atomic E-state index is 11.8. The summed E-state index contributed by atoms with van der Waals surface area (Å²) in [6.07, 6.45) is -4.59. The number of esters is 1. The smallest absolute Gasteiger partial charge is 0.405 e. The quantitative estimate of drug-likeness (QED) is 0.361. The first kappa shape index (κ1) is 17.2. The number of hydrogen-bond donors (Lipinski definition) is 2. The monoisotopic (exact) mass is 321 g/mol. The molecule has 0 radical (unpaired) electrons. The lowest BCUT2D eigenvalue weighted by Crippen LogP contribution is -2.36. The van der Waals surface area contributed by atoms with E-state index in [4.69, 9.17) is 5.73 Å². The van der Waals surface area contributed by atoms with Crippen LogP contribution >= 0.6 is 0 Å². The number of rotatable bonds is 5. The van der Waals surface area contributed by atoms with Gasteiger partial charge in [0.1, 0.15) is 6.54 Å². The van der Waals surface area contributed by atoms with E-state index >= 15 is 0 Å². The molecule has 120 valence electrons. The normalized spacial score (nSPS) is 10.9. The largest absolute Gasteiger partial charge is 0.452 e. The summed E-state index contributed by atoms with van der Waals surface area (Å²) in [5, 5.41) is 12.1. The average Bonchev–Trinajstić information content (AvgIpc) is 2.42. The fourth-order valence-corrected chi connectivity index (χ4v) is 1.29. The van der Waals surface area contributed by atoms with Crippen LogP contribution in [0.15, 0.2) is 18.2 Å². The molecule has 11 heteroatoms. The first-order chi connectivity index (χ1) is 10.1. The average molecular weight is 321 g/mol. The molecule has 22 heavy (non-hydrogen) atoms. The molecular formula is C11H10F3N3O5. The number of nitro groups is 1. The van der Waals surface area contributed by atoms with Gasteiger partial charge in [-0.05, 0) is 6.07 Å². The number of non-ortho nitro benzene ring substituents is 1. The number of nitrogen functional groups attached to an aromatic ring is 1. The van der Waals surface area contributed by atoms with Crippen molar-refractivity contribution in [2.45, 2.75) is 6.18 Å². The van der Waals surface area contributed by atoms with Gasteiger partial charge in [0, 0.05) is 17.8 Å². The number of amides is 1. The molecule has 1 aromatic carbocycles. The van der Waals surface area contributed by atoms with Crippen LogP contribution in [0.4, 0.5) is 24.5 Å². The fraction of sp³-hybridized carbons (Fsp3) is 0.273. The Labute approximate surface area is 121 Å². The molecule has 3 N–H and O–H groups in total. The SMILES string of the molecule is Nc1ccc([N+](=O)[O-])cc1C(=O)OCC(=O)NCC(F)(F)F. The molecule has 0 bridgehead atoms. The number of ether oxygens (including phenoxy) is 1. The predicted octanol–water partition coefficient (Wildman–Crippen LogP) is 1.01. The molecule has 0 atom stereocenters. The molecule has 0 fully saturated rings. The van der Waals surface area contributed by atoms with Crippen molar-refractivity contribution in [3.63, 3.8) is 0 Å². The zero-order valence-electron chi connectivity index (χ0n) is 10.8. The van der Waals surface area contributed by atoms with Gasteiger partial charge in [-0.15, -0.1) is 0 Å². The van der Waals surface area contributed by atoms with Gasteiger partial charge in [-0.3, -0.25) is 14.9 Å². The summed E-state index contributed by atoms with van der Waals surface area (Å²) >= 11 is 0. The number of hydrogen-bond acceptors (Lipinski definition) is 6. The zero-order chi connectivity index (χ0) is 16.9. The van der Waals surface area contributed by atoms with Crippen LogP contribution in [0, 0.1) is 10.1 Å². The highest BCUT2D eigenvalue weighted by Crippen LogP contribution is 2.20. The predicted molar refractivity (Wildman–Crippen MR) is 66.9 cm³/mol. The van der Waals surface area contributed by atoms with E-state index in [9.17, 15) is 32.9 Å². The van der Waals surface area contributed by atoms with Crippen LogP contribution in [0.25, 0.3) is 0 Å². The summed E-state index contributed by atoms with van der Waals surface area (Å²) < 4.78 is 40.0. The second-order valence-electron chi connectivity index (χ2n) is 4.00. The molecule has 0 unspecified atom stereocenters. The Morgan fingerprint density at radius 1 is 1.36 bits per heavy atom. The van der Waals surface area contributed by atoms with Crippen LogP contribution < -0.4 is 11.1 Å². The molecule has 0 aliphatic heterocycles. The van der Waals surface area contributed by atoms with Gasteiger partial charge < -0.3 is 15.8 Å². The van der Waals surface area contributed by atoms with Gasteiger partial charge in [0.05, 0.1) is 10.5 Å². The number of carbonyl (C=O) groups excluding carboxylic acids is 2. The highest BCUT2D eigenvalue weighted by atomic mass is 19.4. The minimum atomic E-state index is -4.59. The number of carbonyl (C=O) groups is 2. The number of nitrogens with one attached hydrogen (secondary N) is 1. The van der Waals surface area contributed by atoms with Gasteiger partial charge in [-0.25, -0.2) is 4.79 Å². The van der Waals surface area contributed by atoms with Gasteiger partial charge in [-0.1, -0.05) is 0 Å². The lowest BCUT2D eigenvalue weighted by molar-refractivity contribution is -0.384. The Bertz CT molecular complexity index is 603. The highest BCUT2D eigenvalue weighted by molar-refractivity contribution is 5.96. The van der Waals surface area contributed by atoms with Crippen molar-refractivity contribution in [3.8, 4) is 0 Å². The maximum Gasteiger partial charge on any atom is 0.405 e. The van der Waals surface area contributed by atoms with E-state index in [1.165, 1.54) is 5.32 Å². The summed E-state index contributed by atoms with van der Waals surface area (Å²) in [6, 6.07) is 2.99. The molecule has 0 aliphatic rings. The zero-order valence-corrected chi connectivity index (χ0v) is 10.8. The second kappa shape index (κ2) is 6.74. The number of nitrogens with zero attached hydrogens (tertiary/aromatic N) is 1. The third-order valence-corrected chi connectivity index (χ3v) is 2.29. The standard InChI is InChI=1S/C11H10F3N3O5/c12-11(13,14)5-16-9(18)4-22-10(19)7-3-6(17(20)21)1-2-8(7)15/h1-3H,4-5,15H2,(H,16,18). The summed E-state index contributed by atoms with van der Waals surface area (Å²) in [5.74, 6) is -2.34. The molecule has 0 aliphatic carbocycles. The molecule has 0 heterocycles. The van der Waals surface area contributed by atoms with Crippen LogP contribution in [0.5, 0.6) is 0 Å². The Kier molecular flexibility index (Phi) is 5.27. The van der Waals surface area contributed by atoms with Crippen molar-refractivity contribution >= 4 is 23.3 Å². The van der Waals surface area contributed by atoms with Crippen molar-refractivity contribution < 1.29 is 32.4 Å². The van der Waals surface area contributed by atoms with Gasteiger partial charge in [0.25, 0.3) is 11.6 Å². The topological polar surface area (TPSA) is 125 Å². The Morgan fingerprint density at radius 3 is 2.55 bits per heavy atom. The van der Waals surface area contributed by atoms with Crippen LogP contribution in [0.3, 0.4) is 0 Å². The minimum absolute atomic E-state index is 0.133. The Morgan fingerprint density at radius 2 is 2.00 bits per heavy atom. The third-order valence-electron chi connectivity index (χ3n) is 2.29. The number of anilines is 1. The first-order valence-electron chi connectivity index (χ1n) is 5.64. The number of halogens is 3. The van der Waals surface area contributed by atoms with Crippen LogP contribution in [-0.4, -0.2) is 36.1 Å². The number of benzene rings is 1. The first-order valence-corrected chi connectivity index (χ1v) is 5.64. The van der Waals surface area contributed by atoms with Crippen LogP contribution in [0.1, 0.15) is 10.4 Å². The number of nitro benzene ring substituents is 1. The lowest BCUT2D eigenvalue weighted by Gasteiger charge is -2.09. The van der Waals surface area contributed by atoms with Crippen LogP contribution in [-0.2, 0) is 9.53 Å². The summed E-state index contributed by atoms with van der Waals surface area (Å²) in [7, 11) is 0. The van der Waals surface area contributed by atoms with E-state index in [-0.39, 0.29) is 11.3 Å². The van der Waals surface area contributed by atoms with E-state index in [1.54, 1.807) is 0 Å². The van der Waals surface area contributed by atoms with Gasteiger partial charge >= 0.3 is 12.1 Å². The minimum Gasteiger partial charge on any atom is -0.452 e. The number of alkyl halides is 3. The van der Waals surface area contributed by atoms with E-state index in [0.717, 1.165) is 18.2 Å². The third kappa shape index (κ3) is 5.26. The van der Waals surface area contributed by atoms with Crippen molar-refractivity contribution in [1.82, 2.24) is 5.32 Å². The van der Waals surface area contributed by atoms with Gasteiger partial charge in [-0.2, -0.15) is 13.2 Å². The fourth-order valence-electron chi connectivity index (χ4n) is 1.29. The highest BCUT2D eigenvalue weighted by Gasteiger charge is 2.28. The Hall–Kier alpha value is -2.85. The van der Waals surface area contributed by atoms with E-state index in [2.05, 4.69) is 4.74 Å². The summed E-state index contributed by atoms with van der Waals surface area (Å²) in [5.41, 5.74) is 4.52. The van der Waals surface area contributed by atoms with Gasteiger partial charge in [0.15, 0.2) is 6.61 Å². The summed E-state index contributed by atoms with van der Waals surface area (Å²) in [4.78, 5) is 32.5. The molecule has 1 rings (SSSR count). The second-order valence-corrected chi connectivity index (χ2v) is 4.00. The molecule has 1 aromatic rings. The van der Waals surface area contributed by atoms with Crippen molar-refractivity contribution in [3.05, 3.63) is 33.9 Å². The van der Waals surface area contributed by atoms with Crippen molar-refractivity contribution in [2.24, 2.45) is 0 Å². The molecule has 0 saturated heterocycles. The van der Waals surface area contributed by atoms with Crippen molar-refractivity contribution in [2.75, 3.05) is 18.9 Å². The molecule has 1 amide bonds. The Balaban J connectivity index is 2.64. The molecule has 0 saturated carbocycles. The molecular weight excluding hydrogens is 311 g/mol. The van der Waals surface area contributed by atoms with Crippen LogP contribution in [0.2, 0.25) is 0 Å².